The molecule has 2 aromatic rings. The van der Waals surface area contributed by atoms with Gasteiger partial charge in [0.25, 0.3) is 0 Å². The van der Waals surface area contributed by atoms with Gasteiger partial charge in [-0.15, -0.1) is 0 Å². The number of nitrogens with one attached hydrogen (secondary N) is 1. The first-order valence-electron chi connectivity index (χ1n) is 7.47. The average Bonchev–Trinajstić information content (AvgIpc) is 2.55. The van der Waals surface area contributed by atoms with E-state index in [2.05, 4.69) is 46.4 Å². The van der Waals surface area contributed by atoms with E-state index in [1.807, 2.05) is 36.2 Å². The smallest absolute Gasteiger partial charge is 0.173 e. The fraction of sp³-hybridized carbons (Fsp3) is 0.278. The molecule has 0 aromatic heterocycles. The second kappa shape index (κ2) is 8.31. The van der Waals surface area contributed by atoms with Crippen molar-refractivity contribution in [2.75, 3.05) is 19.5 Å². The first-order valence-corrected chi connectivity index (χ1v) is 8.67. The lowest BCUT2D eigenvalue weighted by Gasteiger charge is -2.22. The zero-order valence-electron chi connectivity index (χ0n) is 13.6. The van der Waals surface area contributed by atoms with Gasteiger partial charge >= 0.3 is 0 Å². The van der Waals surface area contributed by atoms with E-state index >= 15 is 0 Å². The summed E-state index contributed by atoms with van der Waals surface area (Å²) in [5.74, 6) is 0.857. The zero-order valence-corrected chi connectivity index (χ0v) is 16.0. The third kappa shape index (κ3) is 4.94. The van der Waals surface area contributed by atoms with E-state index in [4.69, 9.17) is 17.0 Å². The van der Waals surface area contributed by atoms with Crippen molar-refractivity contribution in [2.45, 2.75) is 19.9 Å². The second-order valence-corrected chi connectivity index (χ2v) is 6.60. The van der Waals surface area contributed by atoms with Gasteiger partial charge in [0.1, 0.15) is 5.75 Å². The number of nitrogens with zero attached hydrogens (tertiary/aromatic N) is 1. The van der Waals surface area contributed by atoms with Gasteiger partial charge in [0, 0.05) is 29.3 Å². The van der Waals surface area contributed by atoms with Crippen LogP contribution in [-0.4, -0.2) is 24.2 Å². The van der Waals surface area contributed by atoms with Gasteiger partial charge in [-0.05, 0) is 54.5 Å². The molecule has 0 bridgehead atoms. The quantitative estimate of drug-likeness (QED) is 0.734. The van der Waals surface area contributed by atoms with Crippen molar-refractivity contribution in [2.24, 2.45) is 0 Å². The summed E-state index contributed by atoms with van der Waals surface area (Å²) >= 11 is 9.01. The van der Waals surface area contributed by atoms with Gasteiger partial charge in [-0.1, -0.05) is 35.0 Å². The monoisotopic (exact) mass is 392 g/mol. The molecule has 0 saturated heterocycles. The predicted molar refractivity (Wildman–Crippen MR) is 104 cm³/mol. The molecule has 0 saturated carbocycles. The van der Waals surface area contributed by atoms with Crippen LogP contribution in [-0.2, 0) is 13.0 Å². The lowest BCUT2D eigenvalue weighted by molar-refractivity contribution is 0.399. The molecule has 3 nitrogen and oxygen atoms in total. The minimum absolute atomic E-state index is 0.669. The summed E-state index contributed by atoms with van der Waals surface area (Å²) in [5.41, 5.74) is 3.38. The molecule has 0 heterocycles. The van der Waals surface area contributed by atoms with Crippen LogP contribution in [0.1, 0.15) is 18.1 Å². The normalized spacial score (nSPS) is 10.3. The maximum Gasteiger partial charge on any atom is 0.173 e. The van der Waals surface area contributed by atoms with Gasteiger partial charge in [0.2, 0.25) is 0 Å². The highest BCUT2D eigenvalue weighted by Gasteiger charge is 2.10. The van der Waals surface area contributed by atoms with Gasteiger partial charge in [-0.25, -0.2) is 0 Å². The zero-order chi connectivity index (χ0) is 16.8. The highest BCUT2D eigenvalue weighted by Crippen LogP contribution is 2.24. The maximum absolute atomic E-state index is 5.51. The fourth-order valence-corrected chi connectivity index (χ4v) is 2.88. The molecule has 0 fully saturated rings. The van der Waals surface area contributed by atoms with Crippen LogP contribution in [0.15, 0.2) is 46.9 Å². The van der Waals surface area contributed by atoms with Crippen LogP contribution in [0, 0.1) is 0 Å². The number of methoxy groups -OCH3 is 1. The predicted octanol–water partition coefficient (Wildman–Crippen LogP) is 4.85. The minimum Gasteiger partial charge on any atom is -0.496 e. The summed E-state index contributed by atoms with van der Waals surface area (Å²) in [7, 11) is 3.65. The molecule has 1 N–H and O–H groups in total. The number of halogens is 1. The van der Waals surface area contributed by atoms with Crippen molar-refractivity contribution in [3.8, 4) is 5.75 Å². The van der Waals surface area contributed by atoms with E-state index in [1.165, 1.54) is 5.56 Å². The molecule has 0 atom stereocenters. The molecule has 0 unspecified atom stereocenters. The number of benzene rings is 2. The van der Waals surface area contributed by atoms with Crippen LogP contribution in [0.5, 0.6) is 5.75 Å². The van der Waals surface area contributed by atoms with Crippen molar-refractivity contribution in [1.29, 1.82) is 0 Å². The van der Waals surface area contributed by atoms with Crippen molar-refractivity contribution >= 4 is 38.9 Å². The Morgan fingerprint density at radius 1 is 1.26 bits per heavy atom. The Hall–Kier alpha value is -1.59. The number of hydrogen-bond acceptors (Lipinski definition) is 2. The van der Waals surface area contributed by atoms with Crippen LogP contribution in [0.25, 0.3) is 0 Å². The SMILES string of the molecule is CCc1cccc(NC(=S)N(C)Cc2cc(Br)ccc2OC)c1. The molecule has 0 radical (unpaired) electrons. The van der Waals surface area contributed by atoms with Gasteiger partial charge in [-0.3, -0.25) is 0 Å². The van der Waals surface area contributed by atoms with Gasteiger partial charge in [0.05, 0.1) is 7.11 Å². The Bertz CT molecular complexity index is 690. The van der Waals surface area contributed by atoms with Crippen LogP contribution in [0.3, 0.4) is 0 Å². The third-order valence-corrected chi connectivity index (χ3v) is 4.49. The van der Waals surface area contributed by atoms with E-state index < -0.39 is 0 Å². The molecule has 2 rings (SSSR count). The van der Waals surface area contributed by atoms with Crippen molar-refractivity contribution in [3.05, 3.63) is 58.1 Å². The Balaban J connectivity index is 2.06. The summed E-state index contributed by atoms with van der Waals surface area (Å²) in [6.07, 6.45) is 1.01. The number of ether oxygens (including phenoxy) is 1. The summed E-state index contributed by atoms with van der Waals surface area (Å²) in [5, 5.41) is 3.97. The van der Waals surface area contributed by atoms with E-state index in [9.17, 15) is 0 Å². The van der Waals surface area contributed by atoms with Crippen LogP contribution in [0.2, 0.25) is 0 Å². The molecule has 0 amide bonds. The molecular formula is C18H21BrN2OS. The van der Waals surface area contributed by atoms with Gasteiger partial charge < -0.3 is 15.0 Å². The Morgan fingerprint density at radius 2 is 2.04 bits per heavy atom. The Kier molecular flexibility index (Phi) is 6.42. The minimum atomic E-state index is 0.669. The Morgan fingerprint density at radius 3 is 2.74 bits per heavy atom. The van der Waals surface area contributed by atoms with Crippen LogP contribution in [0.4, 0.5) is 5.69 Å². The largest absolute Gasteiger partial charge is 0.496 e. The van der Waals surface area contributed by atoms with E-state index in [1.54, 1.807) is 7.11 Å². The molecule has 0 aliphatic rings. The van der Waals surface area contributed by atoms with E-state index in [0.29, 0.717) is 11.7 Å². The topological polar surface area (TPSA) is 24.5 Å². The highest BCUT2D eigenvalue weighted by molar-refractivity contribution is 9.10. The molecule has 0 spiro atoms. The first-order chi connectivity index (χ1) is 11.0. The van der Waals surface area contributed by atoms with Crippen LogP contribution >= 0.6 is 28.1 Å². The third-order valence-electron chi connectivity index (χ3n) is 3.58. The summed E-state index contributed by atoms with van der Waals surface area (Å²) < 4.78 is 6.44. The van der Waals surface area contributed by atoms with E-state index in [0.717, 1.165) is 27.9 Å². The lowest BCUT2D eigenvalue weighted by atomic mass is 10.1. The number of anilines is 1. The summed E-state index contributed by atoms with van der Waals surface area (Å²) in [6.45, 7) is 2.81. The molecule has 0 aliphatic carbocycles. The molecule has 23 heavy (non-hydrogen) atoms. The fourth-order valence-electron chi connectivity index (χ4n) is 2.29. The maximum atomic E-state index is 5.51. The van der Waals surface area contributed by atoms with Crippen molar-refractivity contribution in [1.82, 2.24) is 4.90 Å². The lowest BCUT2D eigenvalue weighted by Crippen LogP contribution is -2.30. The number of thiocarbonyl (C=S) groups is 1. The van der Waals surface area contributed by atoms with Crippen molar-refractivity contribution in [3.63, 3.8) is 0 Å². The highest BCUT2D eigenvalue weighted by atomic mass is 79.9. The summed E-state index contributed by atoms with van der Waals surface area (Å²) in [6, 6.07) is 14.3. The molecule has 0 aliphatic heterocycles. The standard InChI is InChI=1S/C18H21BrN2OS/c1-4-13-6-5-7-16(10-13)20-18(23)21(2)12-14-11-15(19)8-9-17(14)22-3/h5-11H,4,12H2,1-3H3,(H,20,23). The number of hydrogen-bond donors (Lipinski definition) is 1. The molecule has 5 heteroatoms. The average molecular weight is 393 g/mol. The van der Waals surface area contributed by atoms with E-state index in [-0.39, 0.29) is 0 Å². The molecule has 122 valence electrons. The Labute approximate surface area is 151 Å². The van der Waals surface area contributed by atoms with Crippen LogP contribution < -0.4 is 10.1 Å². The van der Waals surface area contributed by atoms with Gasteiger partial charge in [0.15, 0.2) is 5.11 Å². The van der Waals surface area contributed by atoms with Crippen molar-refractivity contribution < 1.29 is 4.74 Å². The molecule has 2 aromatic carbocycles. The molecular weight excluding hydrogens is 372 g/mol. The first kappa shape index (κ1) is 17.8. The number of aryl methyl sites for hydroxylation is 1. The van der Waals surface area contributed by atoms with Gasteiger partial charge in [-0.2, -0.15) is 0 Å². The number of rotatable bonds is 5. The second-order valence-electron chi connectivity index (χ2n) is 5.30. The summed E-state index contributed by atoms with van der Waals surface area (Å²) in [4.78, 5) is 2.00.